The number of carbonyl (C=O) groups is 2. The number of rotatable bonds is 5. The summed E-state index contributed by atoms with van der Waals surface area (Å²) in [5, 5.41) is 12.7. The average molecular weight is 478 g/mol. The Morgan fingerprint density at radius 3 is 2.74 bits per heavy atom. The monoisotopic (exact) mass is 478 g/mol. The van der Waals surface area contributed by atoms with Crippen molar-refractivity contribution in [3.63, 3.8) is 0 Å². The highest BCUT2D eigenvalue weighted by atomic mass is 127. The van der Waals surface area contributed by atoms with E-state index in [4.69, 9.17) is 4.74 Å². The number of hydrogen-bond acceptors (Lipinski definition) is 4. The maximum absolute atomic E-state index is 12.7. The number of imide groups is 1. The minimum absolute atomic E-state index is 0.0578. The number of phenolic OH excluding ortho intramolecular Hbond substituents is 1. The molecule has 27 heavy (non-hydrogen) atoms. The smallest absolute Gasteiger partial charge is 0.329 e. The molecule has 6 nitrogen and oxygen atoms in total. The molecule has 0 saturated carbocycles. The second-order valence-corrected chi connectivity index (χ2v) is 7.31. The lowest BCUT2D eigenvalue weighted by Crippen LogP contribution is -2.30. The van der Waals surface area contributed by atoms with Gasteiger partial charge in [-0.3, -0.25) is 9.69 Å². The number of phenols is 1. The van der Waals surface area contributed by atoms with Crippen LogP contribution in [0.2, 0.25) is 0 Å². The molecule has 1 aliphatic heterocycles. The Labute approximate surface area is 171 Å². The molecule has 3 amide bonds. The molecule has 0 radical (unpaired) electrons. The molecule has 3 rings (SSSR count). The van der Waals surface area contributed by atoms with Gasteiger partial charge in [-0.2, -0.15) is 0 Å². The number of aryl methyl sites for hydroxylation is 1. The molecule has 7 heteroatoms. The van der Waals surface area contributed by atoms with Crippen LogP contribution >= 0.6 is 22.6 Å². The molecule has 0 bridgehead atoms. The molecule has 1 heterocycles. The van der Waals surface area contributed by atoms with Crippen molar-refractivity contribution in [1.29, 1.82) is 0 Å². The molecule has 0 unspecified atom stereocenters. The molecule has 140 valence electrons. The summed E-state index contributed by atoms with van der Waals surface area (Å²) in [4.78, 5) is 26.1. The fourth-order valence-electron chi connectivity index (χ4n) is 2.82. The van der Waals surface area contributed by atoms with Gasteiger partial charge >= 0.3 is 6.03 Å². The van der Waals surface area contributed by atoms with Crippen LogP contribution in [0.5, 0.6) is 11.5 Å². The number of carbonyl (C=O) groups excluding carboxylic acids is 2. The van der Waals surface area contributed by atoms with E-state index in [2.05, 4.69) is 5.32 Å². The first-order valence-electron chi connectivity index (χ1n) is 8.44. The van der Waals surface area contributed by atoms with Gasteiger partial charge < -0.3 is 15.2 Å². The van der Waals surface area contributed by atoms with Crippen molar-refractivity contribution in [2.75, 3.05) is 6.61 Å². The third-order valence-corrected chi connectivity index (χ3v) is 4.87. The van der Waals surface area contributed by atoms with Gasteiger partial charge in [-0.25, -0.2) is 4.79 Å². The van der Waals surface area contributed by atoms with Crippen molar-refractivity contribution in [2.45, 2.75) is 20.4 Å². The molecule has 2 N–H and O–H groups in total. The van der Waals surface area contributed by atoms with E-state index in [1.54, 1.807) is 18.2 Å². The van der Waals surface area contributed by atoms with E-state index in [0.29, 0.717) is 21.5 Å². The van der Waals surface area contributed by atoms with Crippen molar-refractivity contribution in [2.24, 2.45) is 0 Å². The largest absolute Gasteiger partial charge is 0.504 e. The van der Waals surface area contributed by atoms with Gasteiger partial charge in [0.15, 0.2) is 11.5 Å². The zero-order valence-electron chi connectivity index (χ0n) is 15.0. The first-order valence-corrected chi connectivity index (χ1v) is 9.52. The second-order valence-electron chi connectivity index (χ2n) is 6.15. The van der Waals surface area contributed by atoms with Gasteiger partial charge in [-0.1, -0.05) is 29.8 Å². The Morgan fingerprint density at radius 1 is 1.26 bits per heavy atom. The zero-order chi connectivity index (χ0) is 19.6. The molecule has 0 aliphatic carbocycles. The standard InChI is InChI=1S/C20H19IN2O4/c1-3-27-17-10-14(8-15(21)18(17)24)9-16-19(25)23(20(26)22-16)11-13-6-4-5-12(2)7-13/h4-10,24H,3,11H2,1-2H3,(H,22,26)/b16-9+. The van der Waals surface area contributed by atoms with E-state index in [0.717, 1.165) is 11.1 Å². The molecule has 1 saturated heterocycles. The van der Waals surface area contributed by atoms with Gasteiger partial charge in [0.25, 0.3) is 5.91 Å². The lowest BCUT2D eigenvalue weighted by molar-refractivity contribution is -0.123. The van der Waals surface area contributed by atoms with Crippen molar-refractivity contribution >= 4 is 40.6 Å². The average Bonchev–Trinajstić information content (AvgIpc) is 2.87. The van der Waals surface area contributed by atoms with Crippen LogP contribution in [-0.4, -0.2) is 28.6 Å². The quantitative estimate of drug-likeness (QED) is 0.390. The Hall–Kier alpha value is -2.55. The van der Waals surface area contributed by atoms with Crippen LogP contribution in [-0.2, 0) is 11.3 Å². The van der Waals surface area contributed by atoms with Gasteiger partial charge in [0, 0.05) is 0 Å². The molecular weight excluding hydrogens is 459 g/mol. The zero-order valence-corrected chi connectivity index (χ0v) is 17.1. The summed E-state index contributed by atoms with van der Waals surface area (Å²) in [5.41, 5.74) is 2.80. The van der Waals surface area contributed by atoms with Crippen LogP contribution < -0.4 is 10.1 Å². The van der Waals surface area contributed by atoms with Crippen molar-refractivity contribution < 1.29 is 19.4 Å². The summed E-state index contributed by atoms with van der Waals surface area (Å²) in [7, 11) is 0. The first kappa shape index (κ1) is 19.2. The van der Waals surface area contributed by atoms with Gasteiger partial charge in [0.1, 0.15) is 5.70 Å². The topological polar surface area (TPSA) is 78.9 Å². The number of hydrogen-bond donors (Lipinski definition) is 2. The number of halogens is 1. The van der Waals surface area contributed by atoms with E-state index in [-0.39, 0.29) is 23.9 Å². The van der Waals surface area contributed by atoms with Crippen LogP contribution in [0, 0.1) is 10.5 Å². The van der Waals surface area contributed by atoms with Crippen molar-refractivity contribution in [3.8, 4) is 11.5 Å². The molecule has 0 spiro atoms. The van der Waals surface area contributed by atoms with E-state index in [1.165, 1.54) is 4.90 Å². The van der Waals surface area contributed by atoms with Gasteiger partial charge in [0.2, 0.25) is 0 Å². The third kappa shape index (κ3) is 4.24. The van der Waals surface area contributed by atoms with Crippen LogP contribution in [0.25, 0.3) is 6.08 Å². The van der Waals surface area contributed by atoms with Crippen LogP contribution in [0.1, 0.15) is 23.6 Å². The molecular formula is C20H19IN2O4. The maximum atomic E-state index is 12.7. The highest BCUT2D eigenvalue weighted by Gasteiger charge is 2.33. The number of ether oxygens (including phenoxy) is 1. The van der Waals surface area contributed by atoms with Crippen LogP contribution in [0.15, 0.2) is 42.1 Å². The van der Waals surface area contributed by atoms with Crippen molar-refractivity contribution in [1.82, 2.24) is 10.2 Å². The van der Waals surface area contributed by atoms with E-state index >= 15 is 0 Å². The maximum Gasteiger partial charge on any atom is 0.329 e. The fraction of sp³-hybridized carbons (Fsp3) is 0.200. The minimum Gasteiger partial charge on any atom is -0.504 e. The van der Waals surface area contributed by atoms with E-state index in [1.807, 2.05) is 60.7 Å². The van der Waals surface area contributed by atoms with Gasteiger partial charge in [-0.15, -0.1) is 0 Å². The molecule has 2 aromatic rings. The number of benzene rings is 2. The Balaban J connectivity index is 1.86. The number of nitrogens with zero attached hydrogens (tertiary/aromatic N) is 1. The van der Waals surface area contributed by atoms with Gasteiger partial charge in [-0.05, 0) is 65.8 Å². The van der Waals surface area contributed by atoms with Crippen molar-refractivity contribution in [3.05, 3.63) is 62.4 Å². The Morgan fingerprint density at radius 2 is 2.04 bits per heavy atom. The second kappa shape index (κ2) is 7.99. The third-order valence-electron chi connectivity index (χ3n) is 4.05. The molecule has 1 aliphatic rings. The predicted octanol–water partition coefficient (Wildman–Crippen LogP) is 3.80. The molecule has 0 atom stereocenters. The highest BCUT2D eigenvalue weighted by Crippen LogP contribution is 2.33. The van der Waals surface area contributed by atoms with Crippen LogP contribution in [0.4, 0.5) is 4.79 Å². The summed E-state index contributed by atoms with van der Waals surface area (Å²) in [6.45, 7) is 4.40. The van der Waals surface area contributed by atoms with Crippen LogP contribution in [0.3, 0.4) is 0 Å². The summed E-state index contributed by atoms with van der Waals surface area (Å²) < 4.78 is 6.01. The predicted molar refractivity (Wildman–Crippen MR) is 110 cm³/mol. The van der Waals surface area contributed by atoms with E-state index in [9.17, 15) is 14.7 Å². The van der Waals surface area contributed by atoms with E-state index < -0.39 is 6.03 Å². The molecule has 2 aromatic carbocycles. The summed E-state index contributed by atoms with van der Waals surface area (Å²) >= 11 is 1.99. The number of nitrogens with one attached hydrogen (secondary N) is 1. The Bertz CT molecular complexity index is 940. The highest BCUT2D eigenvalue weighted by molar-refractivity contribution is 14.1. The first-order chi connectivity index (χ1) is 12.9. The lowest BCUT2D eigenvalue weighted by atomic mass is 10.1. The summed E-state index contributed by atoms with van der Waals surface area (Å²) in [6.07, 6.45) is 1.58. The number of urea groups is 1. The summed E-state index contributed by atoms with van der Waals surface area (Å²) in [6, 6.07) is 10.6. The molecule has 0 aromatic heterocycles. The molecule has 1 fully saturated rings. The number of amides is 3. The minimum atomic E-state index is -0.453. The summed E-state index contributed by atoms with van der Waals surface area (Å²) in [5.74, 6) is 0.00893. The SMILES string of the molecule is CCOc1cc(/C=C2/NC(=O)N(Cc3cccc(C)c3)C2=O)cc(I)c1O. The lowest BCUT2D eigenvalue weighted by Gasteiger charge is -2.12. The van der Waals surface area contributed by atoms with Gasteiger partial charge in [0.05, 0.1) is 16.7 Å². The fourth-order valence-corrected chi connectivity index (χ4v) is 3.44. The number of aromatic hydroxyl groups is 1. The Kier molecular flexibility index (Phi) is 5.69. The normalized spacial score (nSPS) is 15.4.